The van der Waals surface area contributed by atoms with Gasteiger partial charge in [0.1, 0.15) is 6.10 Å². The van der Waals surface area contributed by atoms with Gasteiger partial charge in [0.25, 0.3) is 0 Å². The molecule has 9 heteroatoms. The molecule has 88 valence electrons. The van der Waals surface area contributed by atoms with Crippen molar-refractivity contribution in [3.63, 3.8) is 0 Å². The van der Waals surface area contributed by atoms with Gasteiger partial charge in [0.05, 0.1) is 6.16 Å². The topological polar surface area (TPSA) is 141 Å². The number of alkyl halides is 1. The maximum Gasteiger partial charge on any atom is 0.328 e. The number of hydrogen-bond donors (Lipinski definition) is 5. The lowest BCUT2D eigenvalue weighted by Gasteiger charge is -2.18. The predicted octanol–water partition coefficient (Wildman–Crippen LogP) is -1.58. The molecule has 1 rings (SSSR count). The van der Waals surface area contributed by atoms with Crippen LogP contribution < -0.4 is 5.73 Å². The van der Waals surface area contributed by atoms with Gasteiger partial charge in [-0.3, -0.25) is 9.36 Å². The van der Waals surface area contributed by atoms with E-state index < -0.39 is 43.5 Å². The van der Waals surface area contributed by atoms with E-state index in [4.69, 9.17) is 25.7 Å². The molecular formula is C6H11FNO6P. The van der Waals surface area contributed by atoms with Gasteiger partial charge in [-0.1, -0.05) is 0 Å². The molecule has 3 atom stereocenters. The van der Waals surface area contributed by atoms with E-state index in [1.54, 1.807) is 0 Å². The summed E-state index contributed by atoms with van der Waals surface area (Å²) in [6.07, 6.45) is -3.88. The number of nitrogens with two attached hydrogens (primary N) is 1. The van der Waals surface area contributed by atoms with Crippen molar-refractivity contribution in [3.05, 3.63) is 0 Å². The quantitative estimate of drug-likeness (QED) is 0.375. The maximum absolute atomic E-state index is 13.6. The Morgan fingerprint density at radius 1 is 1.60 bits per heavy atom. The average molecular weight is 243 g/mol. The summed E-state index contributed by atoms with van der Waals surface area (Å²) >= 11 is 0. The summed E-state index contributed by atoms with van der Waals surface area (Å²) in [5, 5.41) is 17.7. The molecular weight excluding hydrogens is 232 g/mol. The van der Waals surface area contributed by atoms with Crippen LogP contribution >= 0.6 is 7.60 Å². The van der Waals surface area contributed by atoms with Crippen LogP contribution in [0.5, 0.6) is 0 Å². The largest absolute Gasteiger partial charge is 0.480 e. The Balaban J connectivity index is 2.76. The van der Waals surface area contributed by atoms with Crippen LogP contribution in [-0.2, 0) is 9.36 Å². The molecule has 0 saturated heterocycles. The fourth-order valence-corrected chi connectivity index (χ4v) is 2.14. The van der Waals surface area contributed by atoms with E-state index >= 15 is 0 Å². The summed E-state index contributed by atoms with van der Waals surface area (Å²) in [6.45, 7) is 0. The molecule has 1 unspecified atom stereocenters. The fourth-order valence-electron chi connectivity index (χ4n) is 1.40. The van der Waals surface area contributed by atoms with Gasteiger partial charge in [-0.25, -0.2) is 4.39 Å². The average Bonchev–Trinajstić information content (AvgIpc) is 2.54. The van der Waals surface area contributed by atoms with Gasteiger partial charge in [0, 0.05) is 6.42 Å². The summed E-state index contributed by atoms with van der Waals surface area (Å²) in [4.78, 5) is 27.5. The second-order valence-corrected chi connectivity index (χ2v) is 5.37. The van der Waals surface area contributed by atoms with Gasteiger partial charge in [-0.05, 0) is 0 Å². The van der Waals surface area contributed by atoms with E-state index in [0.717, 1.165) is 0 Å². The lowest BCUT2D eigenvalue weighted by Crippen LogP contribution is -2.46. The van der Waals surface area contributed by atoms with Crippen LogP contribution in [0.25, 0.3) is 0 Å². The number of carbonyl (C=O) groups is 1. The number of halogens is 1. The molecule has 0 amide bonds. The smallest absolute Gasteiger partial charge is 0.328 e. The third-order valence-electron chi connectivity index (χ3n) is 2.47. The highest BCUT2D eigenvalue weighted by atomic mass is 31.2. The van der Waals surface area contributed by atoms with E-state index in [1.807, 2.05) is 0 Å². The highest BCUT2D eigenvalue weighted by Crippen LogP contribution is 2.54. The fraction of sp³-hybridized carbons (Fsp3) is 0.833. The van der Waals surface area contributed by atoms with Gasteiger partial charge in [0.2, 0.25) is 0 Å². The van der Waals surface area contributed by atoms with E-state index in [0.29, 0.717) is 0 Å². The zero-order valence-corrected chi connectivity index (χ0v) is 8.39. The van der Waals surface area contributed by atoms with Crippen molar-refractivity contribution < 1.29 is 33.7 Å². The maximum atomic E-state index is 13.6. The van der Waals surface area contributed by atoms with Crippen LogP contribution in [-0.4, -0.2) is 49.4 Å². The number of carboxylic acids is 1. The highest BCUT2D eigenvalue weighted by Gasteiger charge is 2.76. The Morgan fingerprint density at radius 2 is 2.07 bits per heavy atom. The Morgan fingerprint density at radius 3 is 2.33 bits per heavy atom. The molecule has 1 aliphatic rings. The molecule has 1 aliphatic carbocycles. The molecule has 0 aromatic rings. The van der Waals surface area contributed by atoms with Crippen molar-refractivity contribution >= 4 is 13.6 Å². The summed E-state index contributed by atoms with van der Waals surface area (Å²) < 4.78 is 24.1. The van der Waals surface area contributed by atoms with E-state index in [1.165, 1.54) is 0 Å². The van der Waals surface area contributed by atoms with Gasteiger partial charge in [0.15, 0.2) is 11.2 Å². The van der Waals surface area contributed by atoms with Crippen LogP contribution in [0.3, 0.4) is 0 Å². The molecule has 6 N–H and O–H groups in total. The zero-order valence-electron chi connectivity index (χ0n) is 7.50. The van der Waals surface area contributed by atoms with Gasteiger partial charge in [-0.2, -0.15) is 0 Å². The number of carboxylic acid groups (broad SMARTS) is 1. The van der Waals surface area contributed by atoms with Crippen molar-refractivity contribution in [1.29, 1.82) is 0 Å². The summed E-state index contributed by atoms with van der Waals surface area (Å²) in [5.74, 6) is -1.64. The Hall–Kier alpha value is -0.530. The highest BCUT2D eigenvalue weighted by molar-refractivity contribution is 7.51. The third-order valence-corrected chi connectivity index (χ3v) is 3.29. The minimum absolute atomic E-state index is 0.656. The Kier molecular flexibility index (Phi) is 2.70. The van der Waals surface area contributed by atoms with Crippen LogP contribution in [0.15, 0.2) is 0 Å². The van der Waals surface area contributed by atoms with E-state index in [9.17, 15) is 13.8 Å². The van der Waals surface area contributed by atoms with Crippen LogP contribution in [0.1, 0.15) is 6.42 Å². The minimum Gasteiger partial charge on any atom is -0.480 e. The Labute approximate surface area is 83.9 Å². The van der Waals surface area contributed by atoms with Crippen molar-refractivity contribution in [2.75, 3.05) is 6.16 Å². The van der Waals surface area contributed by atoms with Crippen LogP contribution in [0, 0.1) is 0 Å². The predicted molar refractivity (Wildman–Crippen MR) is 45.9 cm³/mol. The first-order valence-corrected chi connectivity index (χ1v) is 5.76. The lowest BCUT2D eigenvalue weighted by molar-refractivity contribution is -0.141. The first-order chi connectivity index (χ1) is 6.53. The van der Waals surface area contributed by atoms with Crippen molar-refractivity contribution in [2.45, 2.75) is 23.7 Å². The summed E-state index contributed by atoms with van der Waals surface area (Å²) in [7, 11) is -4.60. The van der Waals surface area contributed by atoms with Crippen LogP contribution in [0.4, 0.5) is 4.39 Å². The molecule has 1 fully saturated rings. The Bertz CT molecular complexity index is 345. The molecule has 0 bridgehead atoms. The summed E-state index contributed by atoms with van der Waals surface area (Å²) in [5.41, 5.74) is 0.185. The van der Waals surface area contributed by atoms with E-state index in [-0.39, 0.29) is 0 Å². The molecule has 0 radical (unpaired) electrons. The molecule has 0 aliphatic heterocycles. The van der Waals surface area contributed by atoms with E-state index in [2.05, 4.69) is 0 Å². The van der Waals surface area contributed by atoms with Gasteiger partial charge < -0.3 is 25.7 Å². The van der Waals surface area contributed by atoms with Gasteiger partial charge >= 0.3 is 13.6 Å². The van der Waals surface area contributed by atoms with Crippen molar-refractivity contribution in [1.82, 2.24) is 0 Å². The number of aliphatic carboxylic acids is 1. The number of aliphatic hydroxyl groups is 1. The lowest BCUT2D eigenvalue weighted by atomic mass is 10.1. The number of aliphatic hydroxyl groups excluding tert-OH is 1. The number of rotatable bonds is 4. The van der Waals surface area contributed by atoms with Crippen molar-refractivity contribution in [3.8, 4) is 0 Å². The molecule has 0 aromatic heterocycles. The molecule has 0 aromatic carbocycles. The molecule has 0 spiro atoms. The first kappa shape index (κ1) is 12.5. The van der Waals surface area contributed by atoms with Crippen LogP contribution in [0.2, 0.25) is 0 Å². The molecule has 15 heavy (non-hydrogen) atoms. The van der Waals surface area contributed by atoms with Crippen molar-refractivity contribution in [2.24, 2.45) is 5.73 Å². The second kappa shape index (κ2) is 3.23. The molecule has 7 nitrogen and oxygen atoms in total. The second-order valence-electron chi connectivity index (χ2n) is 3.68. The monoisotopic (exact) mass is 243 g/mol. The minimum atomic E-state index is -4.60. The normalized spacial score (nSPS) is 37.4. The zero-order chi connectivity index (χ0) is 12.1. The standard InChI is InChI=1S/C6H11FNO6P/c7-5(2-6(5,8)4(10)11)3(9)1-15(12,13)14/h3,9H,1-2,8H2,(H,10,11)(H2,12,13,14)/t3?,5-,6-/m1/s1. The number of hydrogen-bond acceptors (Lipinski definition) is 4. The SMILES string of the molecule is N[C@@]1(C(=O)O)C[C@@]1(F)C(O)CP(=O)(O)O. The molecule has 0 heterocycles. The molecule has 1 saturated carbocycles. The van der Waals surface area contributed by atoms with Gasteiger partial charge in [-0.15, -0.1) is 0 Å². The first-order valence-electron chi connectivity index (χ1n) is 3.97. The third kappa shape index (κ3) is 2.04. The summed E-state index contributed by atoms with van der Waals surface area (Å²) in [6, 6.07) is 0.